The molecule has 0 saturated carbocycles. The highest BCUT2D eigenvalue weighted by atomic mass is 16.6. The zero-order valence-electron chi connectivity index (χ0n) is 10.8. The Bertz CT molecular complexity index is 709. The SMILES string of the molecule is CC(=O)Nc1ccn(C(=O)Oc2ccccc2[N+](=O)[O-])n1. The first-order valence-electron chi connectivity index (χ1n) is 5.76. The van der Waals surface area contributed by atoms with E-state index in [4.69, 9.17) is 4.74 Å². The lowest BCUT2D eigenvalue weighted by atomic mass is 10.3. The van der Waals surface area contributed by atoms with Gasteiger partial charge in [-0.05, 0) is 6.07 Å². The van der Waals surface area contributed by atoms with Crippen molar-refractivity contribution in [2.75, 3.05) is 5.32 Å². The van der Waals surface area contributed by atoms with Crippen molar-refractivity contribution < 1.29 is 19.2 Å². The Morgan fingerprint density at radius 1 is 1.33 bits per heavy atom. The van der Waals surface area contributed by atoms with Crippen LogP contribution in [0, 0.1) is 10.1 Å². The van der Waals surface area contributed by atoms with E-state index in [1.54, 1.807) is 0 Å². The minimum Gasteiger partial charge on any atom is -0.401 e. The molecule has 1 N–H and O–H groups in total. The van der Waals surface area contributed by atoms with E-state index in [0.717, 1.165) is 4.68 Å². The molecule has 9 heteroatoms. The second kappa shape index (κ2) is 5.82. The number of hydrogen-bond donors (Lipinski definition) is 1. The molecule has 0 bridgehead atoms. The number of rotatable bonds is 3. The van der Waals surface area contributed by atoms with Gasteiger partial charge in [-0.2, -0.15) is 4.68 Å². The number of carbonyl (C=O) groups is 2. The molecular weight excluding hydrogens is 280 g/mol. The summed E-state index contributed by atoms with van der Waals surface area (Å²) < 4.78 is 5.74. The van der Waals surface area contributed by atoms with Crippen LogP contribution in [0.3, 0.4) is 0 Å². The Balaban J connectivity index is 2.17. The smallest absolute Gasteiger partial charge is 0.401 e. The lowest BCUT2D eigenvalue weighted by molar-refractivity contribution is -0.385. The summed E-state index contributed by atoms with van der Waals surface area (Å²) in [5.41, 5.74) is -0.333. The van der Waals surface area contributed by atoms with Crippen LogP contribution in [0.2, 0.25) is 0 Å². The van der Waals surface area contributed by atoms with Crippen molar-refractivity contribution in [1.29, 1.82) is 0 Å². The molecule has 0 saturated heterocycles. The van der Waals surface area contributed by atoms with Gasteiger partial charge in [-0.15, -0.1) is 5.10 Å². The van der Waals surface area contributed by atoms with E-state index < -0.39 is 11.0 Å². The van der Waals surface area contributed by atoms with Crippen molar-refractivity contribution in [2.24, 2.45) is 0 Å². The van der Waals surface area contributed by atoms with Crippen LogP contribution in [0.5, 0.6) is 5.75 Å². The van der Waals surface area contributed by atoms with Crippen molar-refractivity contribution in [3.63, 3.8) is 0 Å². The highest BCUT2D eigenvalue weighted by Crippen LogP contribution is 2.26. The monoisotopic (exact) mass is 290 g/mol. The summed E-state index contributed by atoms with van der Waals surface area (Å²) in [7, 11) is 0. The molecule has 0 aliphatic heterocycles. The molecule has 0 spiro atoms. The summed E-state index contributed by atoms with van der Waals surface area (Å²) in [6.07, 6.45) is 0.337. The standard InChI is InChI=1S/C12H10N4O5/c1-8(17)13-11-6-7-15(14-11)12(18)21-10-5-3-2-4-9(10)16(19)20/h2-7H,1H3,(H,13,14,17). The number of benzene rings is 1. The molecule has 0 radical (unpaired) electrons. The minimum atomic E-state index is -0.930. The molecule has 1 aromatic carbocycles. The van der Waals surface area contributed by atoms with Crippen molar-refractivity contribution in [3.05, 3.63) is 46.6 Å². The molecule has 1 amide bonds. The highest BCUT2D eigenvalue weighted by Gasteiger charge is 2.18. The van der Waals surface area contributed by atoms with Gasteiger partial charge in [0.2, 0.25) is 11.7 Å². The third-order valence-corrected chi connectivity index (χ3v) is 2.34. The lowest BCUT2D eigenvalue weighted by Gasteiger charge is -2.04. The molecular formula is C12H10N4O5. The van der Waals surface area contributed by atoms with E-state index in [2.05, 4.69) is 10.4 Å². The lowest BCUT2D eigenvalue weighted by Crippen LogP contribution is -2.18. The van der Waals surface area contributed by atoms with Gasteiger partial charge in [-0.25, -0.2) is 4.79 Å². The summed E-state index contributed by atoms with van der Waals surface area (Å²) in [5.74, 6) is -0.363. The second-order valence-corrected chi connectivity index (χ2v) is 3.92. The number of carbonyl (C=O) groups excluding carboxylic acids is 2. The molecule has 21 heavy (non-hydrogen) atoms. The first-order valence-corrected chi connectivity index (χ1v) is 5.76. The topological polar surface area (TPSA) is 116 Å². The van der Waals surface area contributed by atoms with E-state index >= 15 is 0 Å². The Labute approximate surface area is 118 Å². The second-order valence-electron chi connectivity index (χ2n) is 3.92. The molecule has 9 nitrogen and oxygen atoms in total. The summed E-state index contributed by atoms with van der Waals surface area (Å²) in [6, 6.07) is 6.87. The molecule has 1 aromatic heterocycles. The quantitative estimate of drug-likeness (QED) is 0.680. The van der Waals surface area contributed by atoms with Crippen LogP contribution in [0.4, 0.5) is 16.3 Å². The molecule has 108 valence electrons. The van der Waals surface area contributed by atoms with Gasteiger partial charge >= 0.3 is 11.8 Å². The fraction of sp³-hybridized carbons (Fsp3) is 0.0833. The number of hydrogen-bond acceptors (Lipinski definition) is 6. The molecule has 2 aromatic rings. The third kappa shape index (κ3) is 3.41. The number of amides is 1. The predicted molar refractivity (Wildman–Crippen MR) is 71.0 cm³/mol. The van der Waals surface area contributed by atoms with Crippen molar-refractivity contribution in [3.8, 4) is 5.75 Å². The zero-order chi connectivity index (χ0) is 15.4. The third-order valence-electron chi connectivity index (χ3n) is 2.34. The average Bonchev–Trinajstić information content (AvgIpc) is 2.86. The summed E-state index contributed by atoms with van der Waals surface area (Å²) in [4.78, 5) is 32.8. The summed E-state index contributed by atoms with van der Waals surface area (Å²) in [5, 5.41) is 17.0. The van der Waals surface area contributed by atoms with Gasteiger partial charge in [-0.3, -0.25) is 14.9 Å². The fourth-order valence-electron chi connectivity index (χ4n) is 1.51. The summed E-state index contributed by atoms with van der Waals surface area (Å²) >= 11 is 0. The van der Waals surface area contributed by atoms with Crippen molar-refractivity contribution >= 4 is 23.5 Å². The zero-order valence-corrected chi connectivity index (χ0v) is 10.8. The number of para-hydroxylation sites is 2. The molecule has 0 unspecified atom stereocenters. The molecule has 0 fully saturated rings. The van der Waals surface area contributed by atoms with E-state index in [1.807, 2.05) is 0 Å². The van der Waals surface area contributed by atoms with Gasteiger partial charge in [-0.1, -0.05) is 12.1 Å². The maximum atomic E-state index is 11.8. The fourth-order valence-corrected chi connectivity index (χ4v) is 1.51. The van der Waals surface area contributed by atoms with Gasteiger partial charge in [0.1, 0.15) is 0 Å². The van der Waals surface area contributed by atoms with Crippen molar-refractivity contribution in [2.45, 2.75) is 6.92 Å². The van der Waals surface area contributed by atoms with Crippen LogP contribution in [0.15, 0.2) is 36.5 Å². The maximum Gasteiger partial charge on any atom is 0.440 e. The molecule has 0 atom stereocenters. The van der Waals surface area contributed by atoms with E-state index in [0.29, 0.717) is 0 Å². The van der Waals surface area contributed by atoms with E-state index in [1.165, 1.54) is 43.5 Å². The Hall–Kier alpha value is -3.23. The van der Waals surface area contributed by atoms with Crippen molar-refractivity contribution in [1.82, 2.24) is 9.78 Å². The van der Waals surface area contributed by atoms with Gasteiger partial charge in [0.15, 0.2) is 5.82 Å². The number of nitrogens with zero attached hydrogens (tertiary/aromatic N) is 3. The Morgan fingerprint density at radius 2 is 2.05 bits per heavy atom. The number of anilines is 1. The number of nitro benzene ring substituents is 1. The number of nitrogens with one attached hydrogen (secondary N) is 1. The predicted octanol–water partition coefficient (Wildman–Crippen LogP) is 1.80. The molecule has 1 heterocycles. The van der Waals surface area contributed by atoms with E-state index in [-0.39, 0.29) is 23.2 Å². The maximum absolute atomic E-state index is 11.8. The first-order chi connectivity index (χ1) is 9.97. The van der Waals surface area contributed by atoms with E-state index in [9.17, 15) is 19.7 Å². The molecule has 0 aliphatic rings. The molecule has 2 rings (SSSR count). The van der Waals surface area contributed by atoms with Crippen LogP contribution in [0.1, 0.15) is 6.92 Å². The Morgan fingerprint density at radius 3 is 2.71 bits per heavy atom. The summed E-state index contributed by atoms with van der Waals surface area (Å²) in [6.45, 7) is 1.30. The van der Waals surface area contributed by atoms with Crippen LogP contribution >= 0.6 is 0 Å². The number of ether oxygens (including phenoxy) is 1. The Kier molecular flexibility index (Phi) is 3.93. The van der Waals surface area contributed by atoms with Crippen LogP contribution in [-0.2, 0) is 4.79 Å². The van der Waals surface area contributed by atoms with Gasteiger partial charge in [0.25, 0.3) is 0 Å². The first kappa shape index (κ1) is 14.2. The van der Waals surface area contributed by atoms with Gasteiger partial charge in [0.05, 0.1) is 4.92 Å². The molecule has 0 aliphatic carbocycles. The van der Waals surface area contributed by atoms with Crippen LogP contribution in [-0.4, -0.2) is 26.7 Å². The van der Waals surface area contributed by atoms with Gasteiger partial charge < -0.3 is 10.1 Å². The number of nitro groups is 1. The number of aromatic nitrogens is 2. The highest BCUT2D eigenvalue weighted by molar-refractivity contribution is 5.87. The largest absolute Gasteiger partial charge is 0.440 e. The normalized spacial score (nSPS) is 9.95. The van der Waals surface area contributed by atoms with Crippen LogP contribution < -0.4 is 10.1 Å². The minimum absolute atomic E-state index is 0.169. The average molecular weight is 290 g/mol. The van der Waals surface area contributed by atoms with Gasteiger partial charge in [0, 0.05) is 25.3 Å². The van der Waals surface area contributed by atoms with Crippen LogP contribution in [0.25, 0.3) is 0 Å².